The first-order valence-corrected chi connectivity index (χ1v) is 13.6. The van der Waals surface area contributed by atoms with Crippen molar-refractivity contribution in [2.24, 2.45) is 23.0 Å². The number of carbonyl (C=O) groups is 3. The van der Waals surface area contributed by atoms with Gasteiger partial charge in [-0.05, 0) is 65.2 Å². The van der Waals surface area contributed by atoms with Gasteiger partial charge in [0.25, 0.3) is 5.91 Å². The predicted molar refractivity (Wildman–Crippen MR) is 149 cm³/mol. The van der Waals surface area contributed by atoms with E-state index in [4.69, 9.17) is 5.73 Å². The van der Waals surface area contributed by atoms with Gasteiger partial charge in [0.15, 0.2) is 11.4 Å². The number of hydrogen-bond acceptors (Lipinski definition) is 9. The van der Waals surface area contributed by atoms with E-state index in [1.807, 2.05) is 25.8 Å². The molecule has 4 rings (SSSR count). The summed E-state index contributed by atoms with van der Waals surface area (Å²) in [7, 11) is 4.90. The Morgan fingerprint density at radius 1 is 1.12 bits per heavy atom. The second kappa shape index (κ2) is 9.64. The van der Waals surface area contributed by atoms with E-state index in [1.54, 1.807) is 0 Å². The van der Waals surface area contributed by atoms with Gasteiger partial charge in [0.1, 0.15) is 28.7 Å². The highest BCUT2D eigenvalue weighted by Gasteiger charge is 2.64. The lowest BCUT2D eigenvalue weighted by molar-refractivity contribution is -0.153. The van der Waals surface area contributed by atoms with Gasteiger partial charge in [-0.2, -0.15) is 0 Å². The minimum atomic E-state index is -2.74. The number of aliphatic hydroxyl groups is 3. The van der Waals surface area contributed by atoms with E-state index in [9.17, 15) is 34.8 Å². The fourth-order valence-corrected chi connectivity index (χ4v) is 6.85. The second-order valence-corrected chi connectivity index (χ2v) is 13.5. The zero-order valence-electron chi connectivity index (χ0n) is 24.8. The minimum Gasteiger partial charge on any atom is -0.508 e. The average Bonchev–Trinajstić information content (AvgIpc) is 2.81. The summed E-state index contributed by atoms with van der Waals surface area (Å²) in [6.45, 7) is 10.5. The number of fused-ring (bicyclic) bond motifs is 3. The van der Waals surface area contributed by atoms with E-state index in [2.05, 4.69) is 20.8 Å². The molecular weight excluding hydrogens is 533 g/mol. The maximum absolute atomic E-state index is 16.4. The number of nitrogens with zero attached hydrogens (tertiary/aromatic N) is 2. The molecule has 3 aliphatic carbocycles. The molecule has 4 atom stereocenters. The molecule has 224 valence electrons. The van der Waals surface area contributed by atoms with Crippen molar-refractivity contribution in [2.75, 3.05) is 27.7 Å². The summed E-state index contributed by atoms with van der Waals surface area (Å²) < 4.78 is 16.4. The lowest BCUT2D eigenvalue weighted by Crippen LogP contribution is -2.65. The number of phenols is 1. The van der Waals surface area contributed by atoms with Crippen LogP contribution in [0.5, 0.6) is 5.75 Å². The van der Waals surface area contributed by atoms with Crippen LogP contribution in [-0.2, 0) is 26.3 Å². The Morgan fingerprint density at radius 3 is 2.22 bits per heavy atom. The molecule has 1 amide bonds. The molecule has 0 aromatic heterocycles. The topological polar surface area (TPSA) is 165 Å². The number of ketones is 2. The van der Waals surface area contributed by atoms with Crippen molar-refractivity contribution in [2.45, 2.75) is 64.6 Å². The molecule has 1 aromatic carbocycles. The number of aliphatic hydroxyl groups excluding tert-OH is 2. The standard InChI is InChI=1S/C30H40FN3O7/c1-28(2,3)12-34(8)29(4,5)15-11-17(35)19-14(21(15)31)9-13-10-16-22(33(6)7)24(37)20(27(32)40)26(39)30(16,41)25(38)18(13)23(19)36/h11,13,16,22,35-36,39,41H,9-10,12H2,1-8H3,(H2,32,40)/t13-,16-,22-,30-/m0/s1. The molecule has 41 heavy (non-hydrogen) atoms. The van der Waals surface area contributed by atoms with E-state index in [0.717, 1.165) is 0 Å². The van der Waals surface area contributed by atoms with Crippen LogP contribution < -0.4 is 5.73 Å². The van der Waals surface area contributed by atoms with Crippen molar-refractivity contribution in [3.63, 3.8) is 0 Å². The van der Waals surface area contributed by atoms with Crippen molar-refractivity contribution in [1.82, 2.24) is 9.80 Å². The van der Waals surface area contributed by atoms with Gasteiger partial charge in [-0.25, -0.2) is 4.39 Å². The van der Waals surface area contributed by atoms with Gasteiger partial charge in [0, 0.05) is 34.7 Å². The first-order valence-electron chi connectivity index (χ1n) is 13.6. The zero-order valence-corrected chi connectivity index (χ0v) is 24.8. The van der Waals surface area contributed by atoms with E-state index in [0.29, 0.717) is 6.54 Å². The molecule has 1 fully saturated rings. The number of primary amides is 1. The normalized spacial score (nSPS) is 26.9. The lowest BCUT2D eigenvalue weighted by Gasteiger charge is -2.50. The Kier molecular flexibility index (Phi) is 7.21. The van der Waals surface area contributed by atoms with Crippen LogP contribution in [0.3, 0.4) is 0 Å². The molecule has 0 bridgehead atoms. The Labute approximate surface area is 238 Å². The third-order valence-electron chi connectivity index (χ3n) is 8.98. The van der Waals surface area contributed by atoms with Gasteiger partial charge in [0.05, 0.1) is 11.6 Å². The van der Waals surface area contributed by atoms with Crippen LogP contribution in [0.25, 0.3) is 5.76 Å². The number of carbonyl (C=O) groups excluding carboxylic acids is 3. The average molecular weight is 574 g/mol. The summed E-state index contributed by atoms with van der Waals surface area (Å²) in [4.78, 5) is 42.6. The van der Waals surface area contributed by atoms with E-state index >= 15 is 4.39 Å². The van der Waals surface area contributed by atoms with Crippen LogP contribution in [0.2, 0.25) is 0 Å². The summed E-state index contributed by atoms with van der Waals surface area (Å²) in [5.74, 6) is -8.32. The monoisotopic (exact) mass is 573 g/mol. The number of likely N-dealkylation sites (N-methyl/N-ethyl adjacent to an activating group) is 1. The number of amides is 1. The molecule has 6 N–H and O–H groups in total. The number of halogens is 1. The quantitative estimate of drug-likeness (QED) is 0.333. The lowest BCUT2D eigenvalue weighted by atomic mass is 9.57. The predicted octanol–water partition coefficient (Wildman–Crippen LogP) is 2.32. The summed E-state index contributed by atoms with van der Waals surface area (Å²) in [5.41, 5.74) is 0.406. The smallest absolute Gasteiger partial charge is 0.255 e. The number of hydrogen-bond donors (Lipinski definition) is 5. The van der Waals surface area contributed by atoms with E-state index in [1.165, 1.54) is 25.1 Å². The zero-order chi connectivity index (χ0) is 31.1. The summed E-state index contributed by atoms with van der Waals surface area (Å²) in [6.07, 6.45) is -0.218. The Bertz CT molecular complexity index is 1420. The van der Waals surface area contributed by atoms with Gasteiger partial charge >= 0.3 is 0 Å². The second-order valence-electron chi connectivity index (χ2n) is 13.5. The van der Waals surface area contributed by atoms with Crippen LogP contribution in [-0.4, -0.2) is 87.0 Å². The van der Waals surface area contributed by atoms with Crippen LogP contribution in [0.15, 0.2) is 23.0 Å². The Balaban J connectivity index is 1.91. The third kappa shape index (κ3) is 4.45. The van der Waals surface area contributed by atoms with Crippen molar-refractivity contribution >= 4 is 23.2 Å². The molecule has 0 spiro atoms. The Morgan fingerprint density at radius 2 is 1.71 bits per heavy atom. The van der Waals surface area contributed by atoms with Gasteiger partial charge < -0.3 is 26.2 Å². The minimum absolute atomic E-state index is 0.0165. The van der Waals surface area contributed by atoms with Crippen molar-refractivity contribution < 1.29 is 39.2 Å². The largest absolute Gasteiger partial charge is 0.508 e. The molecule has 0 saturated heterocycles. The fourth-order valence-electron chi connectivity index (χ4n) is 6.85. The number of nitrogens with two attached hydrogens (primary N) is 1. The SMILES string of the molecule is CN(C)[C@@H]1C(=O)C(C(N)=O)=C(O)[C@@]2(O)C(=O)C3=C(O)c4c(O)cc(C(C)(C)N(C)CC(C)(C)C)c(F)c4C[C@H]3C[C@@H]12. The van der Waals surface area contributed by atoms with E-state index < -0.39 is 75.1 Å². The molecule has 1 aromatic rings. The maximum atomic E-state index is 16.4. The molecule has 0 unspecified atom stereocenters. The number of Topliss-reactive ketones (excluding diaryl/α,β-unsaturated/α-hetero) is 2. The number of rotatable bonds is 5. The number of benzene rings is 1. The van der Waals surface area contributed by atoms with Gasteiger partial charge in [0.2, 0.25) is 5.78 Å². The highest BCUT2D eigenvalue weighted by Crippen LogP contribution is 2.53. The van der Waals surface area contributed by atoms with Crippen molar-refractivity contribution in [1.29, 1.82) is 0 Å². The highest BCUT2D eigenvalue weighted by atomic mass is 19.1. The highest BCUT2D eigenvalue weighted by molar-refractivity contribution is 6.24. The first kappa shape index (κ1) is 30.7. The molecule has 10 nitrogen and oxygen atoms in total. The molecule has 0 radical (unpaired) electrons. The summed E-state index contributed by atoms with van der Waals surface area (Å²) in [5, 5.41) is 45.0. The molecule has 1 saturated carbocycles. The van der Waals surface area contributed by atoms with Crippen LogP contribution in [0.1, 0.15) is 57.7 Å². The van der Waals surface area contributed by atoms with Crippen molar-refractivity contribution in [3.8, 4) is 5.75 Å². The van der Waals surface area contributed by atoms with Gasteiger partial charge in [-0.1, -0.05) is 20.8 Å². The van der Waals surface area contributed by atoms with Crippen LogP contribution >= 0.6 is 0 Å². The summed E-state index contributed by atoms with van der Waals surface area (Å²) in [6, 6.07) is 0.0288. The van der Waals surface area contributed by atoms with Gasteiger partial charge in [-0.15, -0.1) is 0 Å². The third-order valence-corrected chi connectivity index (χ3v) is 8.98. The maximum Gasteiger partial charge on any atom is 0.255 e. The van der Waals surface area contributed by atoms with Crippen LogP contribution in [0, 0.1) is 23.1 Å². The van der Waals surface area contributed by atoms with Gasteiger partial charge in [-0.3, -0.25) is 24.2 Å². The van der Waals surface area contributed by atoms with Crippen LogP contribution in [0.4, 0.5) is 4.39 Å². The summed E-state index contributed by atoms with van der Waals surface area (Å²) >= 11 is 0. The number of aromatic hydroxyl groups is 1. The number of phenolic OH excluding ortho intramolecular Hbond substituents is 1. The molecule has 11 heteroatoms. The van der Waals surface area contributed by atoms with Crippen molar-refractivity contribution in [3.05, 3.63) is 45.5 Å². The molecule has 3 aliphatic rings. The van der Waals surface area contributed by atoms with E-state index in [-0.39, 0.29) is 40.5 Å². The fraction of sp³-hybridized carbons (Fsp3) is 0.567. The first-order chi connectivity index (χ1) is 18.7. The Hall–Kier alpha value is -3.28. The molecular formula is C30H40FN3O7. The molecule has 0 aliphatic heterocycles. The molecule has 0 heterocycles.